The van der Waals surface area contributed by atoms with Gasteiger partial charge in [0.1, 0.15) is 0 Å². The van der Waals surface area contributed by atoms with Crippen molar-refractivity contribution in [1.82, 2.24) is 0 Å². The van der Waals surface area contributed by atoms with Crippen molar-refractivity contribution in [3.8, 4) is 0 Å². The number of carbonyl (C=O) groups excluding carboxylic acids is 1. The first-order chi connectivity index (χ1) is 5.24. The number of carbonyl (C=O) groups is 1. The van der Waals surface area contributed by atoms with E-state index in [9.17, 15) is 4.79 Å². The molecule has 0 fully saturated rings. The SMILES string of the molecule is C[CH]C(=O)c1ccc(Br)cc1. The van der Waals surface area contributed by atoms with Crippen LogP contribution in [0.5, 0.6) is 0 Å². The molecule has 0 unspecified atom stereocenters. The minimum absolute atomic E-state index is 0.0671. The summed E-state index contributed by atoms with van der Waals surface area (Å²) in [6.45, 7) is 1.74. The highest BCUT2D eigenvalue weighted by Gasteiger charge is 2.00. The summed E-state index contributed by atoms with van der Waals surface area (Å²) < 4.78 is 0.991. The third-order valence-electron chi connectivity index (χ3n) is 1.39. The van der Waals surface area contributed by atoms with Crippen LogP contribution in [0, 0.1) is 6.42 Å². The van der Waals surface area contributed by atoms with Gasteiger partial charge in [0.25, 0.3) is 0 Å². The predicted octanol–water partition coefficient (Wildman–Crippen LogP) is 2.86. The van der Waals surface area contributed by atoms with Crippen molar-refractivity contribution >= 4 is 21.7 Å². The van der Waals surface area contributed by atoms with Crippen molar-refractivity contribution in [3.63, 3.8) is 0 Å². The number of benzene rings is 1. The molecule has 0 bridgehead atoms. The van der Waals surface area contributed by atoms with Crippen LogP contribution >= 0.6 is 15.9 Å². The lowest BCUT2D eigenvalue weighted by Crippen LogP contribution is -1.95. The van der Waals surface area contributed by atoms with E-state index < -0.39 is 0 Å². The summed E-state index contributed by atoms with van der Waals surface area (Å²) in [6.07, 6.45) is 1.56. The van der Waals surface area contributed by atoms with Crippen molar-refractivity contribution in [1.29, 1.82) is 0 Å². The van der Waals surface area contributed by atoms with Crippen molar-refractivity contribution in [2.45, 2.75) is 6.92 Å². The highest BCUT2D eigenvalue weighted by Crippen LogP contribution is 2.11. The van der Waals surface area contributed by atoms with E-state index in [1.165, 1.54) is 0 Å². The van der Waals surface area contributed by atoms with Crippen LogP contribution in [0.4, 0.5) is 0 Å². The molecule has 0 amide bonds. The van der Waals surface area contributed by atoms with E-state index >= 15 is 0 Å². The smallest absolute Gasteiger partial charge is 0.166 e. The maximum absolute atomic E-state index is 11.1. The molecule has 11 heavy (non-hydrogen) atoms. The largest absolute Gasteiger partial charge is 0.294 e. The zero-order valence-corrected chi connectivity index (χ0v) is 7.76. The molecule has 0 saturated carbocycles. The molecule has 2 heteroatoms. The van der Waals surface area contributed by atoms with Gasteiger partial charge in [0.15, 0.2) is 5.78 Å². The molecule has 0 aliphatic carbocycles. The Morgan fingerprint density at radius 2 is 1.91 bits per heavy atom. The molecule has 57 valence electrons. The molecule has 0 aliphatic rings. The van der Waals surface area contributed by atoms with Crippen LogP contribution in [0.25, 0.3) is 0 Å². The molecule has 0 atom stereocenters. The quantitative estimate of drug-likeness (QED) is 0.689. The second-order valence-corrected chi connectivity index (χ2v) is 3.08. The Hall–Kier alpha value is -0.630. The molecule has 1 aromatic rings. The third-order valence-corrected chi connectivity index (χ3v) is 1.92. The summed E-state index contributed by atoms with van der Waals surface area (Å²) in [5.41, 5.74) is 0.732. The van der Waals surface area contributed by atoms with Gasteiger partial charge in [-0.1, -0.05) is 35.0 Å². The molecule has 0 aromatic heterocycles. The molecule has 0 N–H and O–H groups in total. The van der Waals surface area contributed by atoms with E-state index in [0.717, 1.165) is 10.0 Å². The first-order valence-electron chi connectivity index (χ1n) is 3.33. The maximum Gasteiger partial charge on any atom is 0.166 e. The molecule has 1 rings (SSSR count). The second-order valence-electron chi connectivity index (χ2n) is 2.16. The number of hydrogen-bond donors (Lipinski definition) is 0. The Balaban J connectivity index is 2.90. The molecule has 1 radical (unpaired) electrons. The van der Waals surface area contributed by atoms with Crippen LogP contribution in [0.2, 0.25) is 0 Å². The van der Waals surface area contributed by atoms with Crippen molar-refractivity contribution in [3.05, 3.63) is 40.7 Å². The zero-order chi connectivity index (χ0) is 8.27. The van der Waals surface area contributed by atoms with E-state index in [2.05, 4.69) is 15.9 Å². The number of halogens is 1. The van der Waals surface area contributed by atoms with Crippen molar-refractivity contribution < 1.29 is 4.79 Å². The summed E-state index contributed by atoms with van der Waals surface area (Å²) in [5.74, 6) is 0.0671. The Morgan fingerprint density at radius 1 is 1.36 bits per heavy atom. The summed E-state index contributed by atoms with van der Waals surface area (Å²) in [7, 11) is 0. The number of rotatable bonds is 2. The molecule has 0 spiro atoms. The van der Waals surface area contributed by atoms with Gasteiger partial charge in [0, 0.05) is 16.5 Å². The normalized spacial score (nSPS) is 9.64. The highest BCUT2D eigenvalue weighted by atomic mass is 79.9. The Labute approximate surface area is 74.6 Å². The van der Waals surface area contributed by atoms with Crippen LogP contribution in [0.15, 0.2) is 28.7 Å². The van der Waals surface area contributed by atoms with Gasteiger partial charge in [0.2, 0.25) is 0 Å². The van der Waals surface area contributed by atoms with E-state index in [4.69, 9.17) is 0 Å². The molecular weight excluding hydrogens is 204 g/mol. The number of Topliss-reactive ketones (excluding diaryl/α,β-unsaturated/α-hetero) is 1. The van der Waals surface area contributed by atoms with Crippen LogP contribution in [-0.4, -0.2) is 5.78 Å². The number of hydrogen-bond acceptors (Lipinski definition) is 1. The fourth-order valence-electron chi connectivity index (χ4n) is 0.781. The molecule has 0 aliphatic heterocycles. The van der Waals surface area contributed by atoms with Gasteiger partial charge >= 0.3 is 0 Å². The van der Waals surface area contributed by atoms with E-state index in [-0.39, 0.29) is 5.78 Å². The van der Waals surface area contributed by atoms with Gasteiger partial charge in [-0.25, -0.2) is 0 Å². The van der Waals surface area contributed by atoms with E-state index in [1.807, 2.05) is 12.1 Å². The Morgan fingerprint density at radius 3 is 2.36 bits per heavy atom. The number of ketones is 1. The minimum atomic E-state index is 0.0671. The third kappa shape index (κ3) is 2.15. The minimum Gasteiger partial charge on any atom is -0.294 e. The molecule has 0 heterocycles. The summed E-state index contributed by atoms with van der Waals surface area (Å²) in [5, 5.41) is 0. The molecule has 1 aromatic carbocycles. The fourth-order valence-corrected chi connectivity index (χ4v) is 1.05. The van der Waals surface area contributed by atoms with E-state index in [0.29, 0.717) is 0 Å². The average molecular weight is 212 g/mol. The maximum atomic E-state index is 11.1. The van der Waals surface area contributed by atoms with Gasteiger partial charge in [-0.2, -0.15) is 0 Å². The van der Waals surface area contributed by atoms with Gasteiger partial charge in [-0.05, 0) is 12.1 Å². The molecule has 0 saturated heterocycles. The summed E-state index contributed by atoms with van der Waals surface area (Å²) in [4.78, 5) is 11.1. The van der Waals surface area contributed by atoms with Gasteiger partial charge in [-0.15, -0.1) is 0 Å². The average Bonchev–Trinajstić information content (AvgIpc) is 2.05. The zero-order valence-electron chi connectivity index (χ0n) is 6.17. The van der Waals surface area contributed by atoms with Gasteiger partial charge in [-0.3, -0.25) is 4.79 Å². The second kappa shape index (κ2) is 3.67. The van der Waals surface area contributed by atoms with E-state index in [1.54, 1.807) is 25.5 Å². The van der Waals surface area contributed by atoms with Gasteiger partial charge in [0.05, 0.1) is 0 Å². The lowest BCUT2D eigenvalue weighted by Gasteiger charge is -1.95. The van der Waals surface area contributed by atoms with Crippen LogP contribution < -0.4 is 0 Å². The monoisotopic (exact) mass is 211 g/mol. The highest BCUT2D eigenvalue weighted by molar-refractivity contribution is 9.10. The first kappa shape index (κ1) is 8.47. The Kier molecular flexibility index (Phi) is 2.83. The standard InChI is InChI=1S/C9H8BrO/c1-2-9(11)7-3-5-8(10)6-4-7/h2-6H,1H3. The molecule has 1 nitrogen and oxygen atoms in total. The van der Waals surface area contributed by atoms with Crippen LogP contribution in [0.1, 0.15) is 17.3 Å². The topological polar surface area (TPSA) is 17.1 Å². The predicted molar refractivity (Wildman–Crippen MR) is 48.4 cm³/mol. The summed E-state index contributed by atoms with van der Waals surface area (Å²) >= 11 is 3.29. The fraction of sp³-hybridized carbons (Fsp3) is 0.111. The summed E-state index contributed by atoms with van der Waals surface area (Å²) in [6, 6.07) is 7.31. The lowest BCUT2D eigenvalue weighted by atomic mass is 10.1. The molecular formula is C9H8BrO. The Bertz CT molecular complexity index is 251. The lowest BCUT2D eigenvalue weighted by molar-refractivity contribution is 0.103. The van der Waals surface area contributed by atoms with Gasteiger partial charge < -0.3 is 0 Å². The van der Waals surface area contributed by atoms with Crippen LogP contribution in [-0.2, 0) is 0 Å². The van der Waals surface area contributed by atoms with Crippen molar-refractivity contribution in [2.75, 3.05) is 0 Å². The van der Waals surface area contributed by atoms with Crippen LogP contribution in [0.3, 0.4) is 0 Å². The van der Waals surface area contributed by atoms with Crippen molar-refractivity contribution in [2.24, 2.45) is 0 Å². The first-order valence-corrected chi connectivity index (χ1v) is 4.12.